The molecule has 2 heteroatoms. The fourth-order valence-electron chi connectivity index (χ4n) is 20.0. The first-order chi connectivity index (χ1) is 29.3. The highest BCUT2D eigenvalue weighted by molar-refractivity contribution is 5.90. The molecule has 9 aliphatic rings. The van der Waals surface area contributed by atoms with E-state index in [4.69, 9.17) is 4.74 Å². The molecule has 348 valence electrons. The van der Waals surface area contributed by atoms with Crippen molar-refractivity contribution >= 4 is 5.78 Å². The van der Waals surface area contributed by atoms with Crippen LogP contribution < -0.4 is 0 Å². The van der Waals surface area contributed by atoms with E-state index < -0.39 is 5.60 Å². The molecule has 15 atom stereocenters. The van der Waals surface area contributed by atoms with Crippen LogP contribution >= 0.6 is 0 Å². The molecule has 1 spiro atoms. The van der Waals surface area contributed by atoms with Crippen LogP contribution in [0.3, 0.4) is 0 Å². The Morgan fingerprint density at radius 1 is 0.548 bits per heavy atom. The minimum absolute atomic E-state index is 0.1000. The van der Waals surface area contributed by atoms with Crippen molar-refractivity contribution in [3.63, 3.8) is 0 Å². The zero-order valence-corrected chi connectivity index (χ0v) is 42.9. The molecule has 1 unspecified atom stereocenters. The van der Waals surface area contributed by atoms with Gasteiger partial charge in [0.25, 0.3) is 0 Å². The third kappa shape index (κ3) is 6.47. The van der Waals surface area contributed by atoms with Gasteiger partial charge < -0.3 is 4.74 Å². The van der Waals surface area contributed by atoms with Gasteiger partial charge in [0.05, 0.1) is 5.76 Å². The van der Waals surface area contributed by atoms with Crippen LogP contribution in [-0.4, -0.2) is 11.4 Å². The maximum atomic E-state index is 14.6. The summed E-state index contributed by atoms with van der Waals surface area (Å²) < 4.78 is 7.55. The van der Waals surface area contributed by atoms with Crippen LogP contribution in [0.15, 0.2) is 33.6 Å². The Kier molecular flexibility index (Phi) is 12.0. The van der Waals surface area contributed by atoms with Gasteiger partial charge in [-0.2, -0.15) is 0 Å². The van der Waals surface area contributed by atoms with Gasteiger partial charge in [0.1, 0.15) is 0 Å². The lowest BCUT2D eigenvalue weighted by Crippen LogP contribution is -2.69. The Morgan fingerprint density at radius 3 is 1.63 bits per heavy atom. The van der Waals surface area contributed by atoms with Crippen molar-refractivity contribution in [2.24, 2.45) is 92.2 Å². The van der Waals surface area contributed by atoms with Gasteiger partial charge in [-0.1, -0.05) is 131 Å². The largest absolute Gasteiger partial charge is 0.484 e. The number of allylic oxidation sites excluding steroid dienone is 6. The van der Waals surface area contributed by atoms with Crippen molar-refractivity contribution in [2.45, 2.75) is 243 Å². The van der Waals surface area contributed by atoms with Crippen molar-refractivity contribution in [1.29, 1.82) is 0 Å². The molecule has 9 rings (SSSR count). The molecule has 5 saturated carbocycles. The van der Waals surface area contributed by atoms with E-state index in [-0.39, 0.29) is 10.8 Å². The highest BCUT2D eigenvalue weighted by Crippen LogP contribution is 2.76. The van der Waals surface area contributed by atoms with E-state index >= 15 is 0 Å². The van der Waals surface area contributed by atoms with Gasteiger partial charge in [-0.05, 0) is 208 Å². The first kappa shape index (κ1) is 45.8. The molecule has 0 bridgehead atoms. The number of fused-ring (bicyclic) bond motifs is 8. The summed E-state index contributed by atoms with van der Waals surface area (Å²) in [6.45, 7) is 33.1. The van der Waals surface area contributed by atoms with Gasteiger partial charge >= 0.3 is 0 Å². The standard InChI is InChI=1S/C60H96O2/c1-14-41(37(3)4)18-16-39(7)46-22-24-48-43-20-21-50-45-36-60-35-26-44-49-25-23-47(40(8)17-19-42(15-2)38(5)6)56(49,10)32-28-52(44)58(60,12)34-30-54(61)59(60,13)62-53(45)29-33-57(50,11)51(43)27-31-55(46,48)9/h37-42,46-47,50-52H,14-36H2,1-13H3/t39-,40-,41+,42+,46?,47-,50+,51+,52+,55-,56-,57+,58-,59+,60-/m1/s1. The molecule has 2 nitrogen and oxygen atoms in total. The Labute approximate surface area is 382 Å². The summed E-state index contributed by atoms with van der Waals surface area (Å²) in [5.41, 5.74) is 9.81. The van der Waals surface area contributed by atoms with Crippen molar-refractivity contribution < 1.29 is 9.53 Å². The lowest BCUT2D eigenvalue weighted by molar-refractivity contribution is -0.222. The monoisotopic (exact) mass is 849 g/mol. The lowest BCUT2D eigenvalue weighted by atomic mass is 9.37. The second-order valence-corrected chi connectivity index (χ2v) is 26.5. The summed E-state index contributed by atoms with van der Waals surface area (Å²) in [6.07, 6.45) is 29.5. The Bertz CT molecular complexity index is 1840. The molecule has 0 saturated heterocycles. The van der Waals surface area contributed by atoms with Crippen LogP contribution in [0.1, 0.15) is 238 Å². The van der Waals surface area contributed by atoms with Crippen LogP contribution in [0.4, 0.5) is 0 Å². The number of ether oxygens (including phenoxy) is 1. The summed E-state index contributed by atoms with van der Waals surface area (Å²) in [7, 11) is 0. The molecular weight excluding hydrogens is 753 g/mol. The Morgan fingerprint density at radius 2 is 1.08 bits per heavy atom. The van der Waals surface area contributed by atoms with E-state index in [1.807, 2.05) is 22.3 Å². The fraction of sp³-hybridized carbons (Fsp3) is 0.883. The SMILES string of the molecule is CC[C@@H](CC[C@@H](C)C1CCC2=C3CC[C@H]4C5=C(CC[C@]4(C)[C@H]3CC[C@@]21C)O[C@@]1(C)C(=O)CC[C@]2(C)[C@H]3CC[C@@]4(C)C(=C3CC[C@]12C5)CC[C@@H]4[C@H](C)CC[C@H](CC)C(C)C)C(C)C. The minimum Gasteiger partial charge on any atom is -0.484 e. The molecule has 5 fully saturated rings. The molecule has 0 aromatic rings. The van der Waals surface area contributed by atoms with Crippen molar-refractivity contribution in [1.82, 2.24) is 0 Å². The average Bonchev–Trinajstić information content (AvgIpc) is 3.78. The topological polar surface area (TPSA) is 26.3 Å². The maximum absolute atomic E-state index is 14.6. The molecule has 0 radical (unpaired) electrons. The molecule has 8 aliphatic carbocycles. The van der Waals surface area contributed by atoms with Gasteiger partial charge in [-0.25, -0.2) is 0 Å². The third-order valence-corrected chi connectivity index (χ3v) is 24.0. The van der Waals surface area contributed by atoms with Gasteiger partial charge in [0, 0.05) is 18.3 Å². The molecule has 62 heavy (non-hydrogen) atoms. The van der Waals surface area contributed by atoms with Crippen LogP contribution in [-0.2, 0) is 9.53 Å². The van der Waals surface area contributed by atoms with Crippen molar-refractivity contribution in [3.05, 3.63) is 33.6 Å². The number of hydrogen-bond donors (Lipinski definition) is 0. The normalized spacial score (nSPS) is 44.4. The molecule has 1 heterocycles. The quantitative estimate of drug-likeness (QED) is 0.183. The van der Waals surface area contributed by atoms with Gasteiger partial charge in [-0.3, -0.25) is 4.79 Å². The summed E-state index contributed by atoms with van der Waals surface area (Å²) in [5.74, 6) is 10.3. The summed E-state index contributed by atoms with van der Waals surface area (Å²) in [6, 6.07) is 0. The number of carbonyl (C=O) groups is 1. The number of Topliss-reactive ketones (excluding diaryl/α,β-unsaturated/α-hetero) is 1. The van der Waals surface area contributed by atoms with E-state index in [0.717, 1.165) is 78.9 Å². The second-order valence-electron chi connectivity index (χ2n) is 26.5. The molecular formula is C60H96O2. The number of hydrogen-bond acceptors (Lipinski definition) is 2. The van der Waals surface area contributed by atoms with Crippen LogP contribution in [0.5, 0.6) is 0 Å². The molecule has 1 aliphatic heterocycles. The summed E-state index contributed by atoms with van der Waals surface area (Å²) in [5, 5.41) is 0. The second kappa shape index (κ2) is 16.2. The zero-order valence-electron chi connectivity index (χ0n) is 42.9. The average molecular weight is 849 g/mol. The third-order valence-electron chi connectivity index (χ3n) is 24.0. The summed E-state index contributed by atoms with van der Waals surface area (Å²) >= 11 is 0. The minimum atomic E-state index is -0.682. The molecule has 0 N–H and O–H groups in total. The van der Waals surface area contributed by atoms with Crippen LogP contribution in [0, 0.1) is 92.2 Å². The fourth-order valence-corrected chi connectivity index (χ4v) is 20.0. The smallest absolute Gasteiger partial charge is 0.176 e. The lowest BCUT2D eigenvalue weighted by Gasteiger charge is -2.69. The number of rotatable bonds is 12. The van der Waals surface area contributed by atoms with Gasteiger partial charge in [-0.15, -0.1) is 0 Å². The number of ketones is 1. The van der Waals surface area contributed by atoms with E-state index in [2.05, 4.69) is 90.0 Å². The van der Waals surface area contributed by atoms with E-state index in [1.54, 1.807) is 5.57 Å². The van der Waals surface area contributed by atoms with Crippen molar-refractivity contribution in [2.75, 3.05) is 0 Å². The van der Waals surface area contributed by atoms with Gasteiger partial charge in [0.15, 0.2) is 11.4 Å². The highest BCUT2D eigenvalue weighted by atomic mass is 16.5. The van der Waals surface area contributed by atoms with Crippen LogP contribution in [0.25, 0.3) is 0 Å². The Balaban J connectivity index is 0.982. The maximum Gasteiger partial charge on any atom is 0.176 e. The Hall–Kier alpha value is -1.31. The first-order valence-corrected chi connectivity index (χ1v) is 27.7. The predicted molar refractivity (Wildman–Crippen MR) is 260 cm³/mol. The predicted octanol–water partition coefficient (Wildman–Crippen LogP) is 17.2. The molecule has 0 aromatic carbocycles. The van der Waals surface area contributed by atoms with E-state index in [9.17, 15) is 4.79 Å². The first-order valence-electron chi connectivity index (χ1n) is 27.7. The molecule has 0 aromatic heterocycles. The van der Waals surface area contributed by atoms with Gasteiger partial charge in [0.2, 0.25) is 0 Å². The van der Waals surface area contributed by atoms with Crippen LogP contribution in [0.2, 0.25) is 0 Å². The zero-order chi connectivity index (χ0) is 44.4. The van der Waals surface area contributed by atoms with Crippen molar-refractivity contribution in [3.8, 4) is 0 Å². The van der Waals surface area contributed by atoms with E-state index in [0.29, 0.717) is 40.3 Å². The highest BCUT2D eigenvalue weighted by Gasteiger charge is 2.73. The van der Waals surface area contributed by atoms with E-state index in [1.165, 1.54) is 121 Å². The number of carbonyl (C=O) groups excluding carboxylic acids is 1. The molecule has 0 amide bonds. The summed E-state index contributed by atoms with van der Waals surface area (Å²) in [4.78, 5) is 14.6.